The number of hydrogen-bond donors (Lipinski definition) is 1. The number of imidazole rings is 2. The highest BCUT2D eigenvalue weighted by atomic mass is 32.2. The van der Waals surface area contributed by atoms with Gasteiger partial charge >= 0.3 is 0 Å². The third-order valence-electron chi connectivity index (χ3n) is 6.47. The minimum Gasteiger partial charge on any atom is -0.364 e. The van der Waals surface area contributed by atoms with Crippen molar-refractivity contribution >= 4 is 34.8 Å². The van der Waals surface area contributed by atoms with Gasteiger partial charge in [-0.05, 0) is 54.6 Å². The number of primary amides is 1. The van der Waals surface area contributed by atoms with Crippen LogP contribution in [0.1, 0.15) is 10.9 Å². The van der Waals surface area contributed by atoms with Crippen LogP contribution in [0.25, 0.3) is 33.9 Å². The average Bonchev–Trinajstić information content (AvgIpc) is 3.68. The summed E-state index contributed by atoms with van der Waals surface area (Å²) in [5.41, 5.74) is 11.2. The molecule has 0 fully saturated rings. The van der Waals surface area contributed by atoms with Gasteiger partial charge in [0.1, 0.15) is 33.9 Å². The molecule has 0 bridgehead atoms. The van der Waals surface area contributed by atoms with Gasteiger partial charge in [-0.3, -0.25) is 14.2 Å². The van der Waals surface area contributed by atoms with E-state index in [2.05, 4.69) is 4.98 Å². The van der Waals surface area contributed by atoms with Crippen molar-refractivity contribution in [1.82, 2.24) is 29.0 Å². The van der Waals surface area contributed by atoms with Gasteiger partial charge in [-0.15, -0.1) is 11.8 Å². The summed E-state index contributed by atoms with van der Waals surface area (Å²) in [7, 11) is 0. The van der Waals surface area contributed by atoms with E-state index in [1.165, 1.54) is 23.9 Å². The van der Waals surface area contributed by atoms with Crippen LogP contribution in [-0.4, -0.2) is 34.9 Å². The minimum atomic E-state index is -0.547. The maximum absolute atomic E-state index is 13.7. The number of pyridine rings is 2. The molecule has 39 heavy (non-hydrogen) atoms. The molecule has 1 atom stereocenters. The fourth-order valence-corrected chi connectivity index (χ4v) is 5.83. The lowest BCUT2D eigenvalue weighted by Crippen LogP contribution is -2.30. The molecule has 1 unspecified atom stereocenters. The SMILES string of the molecule is NC(=O)C1=CSC(c2cccnc2)N1c1cn2nc(-c3c(-c4ccc(F)cc4)nc4ccccn34)ccc2n1. The zero-order valence-electron chi connectivity index (χ0n) is 20.2. The van der Waals surface area contributed by atoms with Crippen molar-refractivity contribution in [3.8, 4) is 22.6 Å². The zero-order valence-corrected chi connectivity index (χ0v) is 21.0. The van der Waals surface area contributed by atoms with E-state index in [1.54, 1.807) is 45.5 Å². The summed E-state index contributed by atoms with van der Waals surface area (Å²) in [4.78, 5) is 27.9. The smallest absolute Gasteiger partial charge is 0.265 e. The molecule has 0 saturated carbocycles. The van der Waals surface area contributed by atoms with Gasteiger partial charge in [0.05, 0.1) is 11.9 Å². The molecule has 11 heteroatoms. The molecule has 5 aromatic heterocycles. The second kappa shape index (κ2) is 9.07. The molecule has 2 N–H and O–H groups in total. The largest absolute Gasteiger partial charge is 0.364 e. The molecule has 1 aliphatic heterocycles. The van der Waals surface area contributed by atoms with E-state index in [9.17, 15) is 9.18 Å². The van der Waals surface area contributed by atoms with Crippen LogP contribution in [0, 0.1) is 5.82 Å². The number of fused-ring (bicyclic) bond motifs is 2. The first-order chi connectivity index (χ1) is 19.1. The predicted molar refractivity (Wildman–Crippen MR) is 147 cm³/mol. The van der Waals surface area contributed by atoms with E-state index < -0.39 is 5.91 Å². The van der Waals surface area contributed by atoms with Crippen LogP contribution in [-0.2, 0) is 4.79 Å². The lowest BCUT2D eigenvalue weighted by molar-refractivity contribution is -0.114. The second-order valence-electron chi connectivity index (χ2n) is 8.88. The highest BCUT2D eigenvalue weighted by Gasteiger charge is 2.34. The number of nitrogens with zero attached hydrogens (tertiary/aromatic N) is 7. The standard InChI is InChI=1S/C28H19FN8OS/c29-19-8-6-17(7-9-19)25-26(35-13-2-1-5-22(35)33-25)20-10-11-23-32-24(15-36(23)34-20)37-21(27(30)38)16-39-28(37)18-4-3-12-31-14-18/h1-16,28H,(H2,30,38). The summed E-state index contributed by atoms with van der Waals surface area (Å²) in [6.07, 6.45) is 7.15. The Bertz CT molecular complexity index is 1900. The van der Waals surface area contributed by atoms with Gasteiger partial charge in [-0.1, -0.05) is 12.1 Å². The Balaban J connectivity index is 1.36. The second-order valence-corrected chi connectivity index (χ2v) is 9.83. The monoisotopic (exact) mass is 534 g/mol. The van der Waals surface area contributed by atoms with Gasteiger partial charge in [0, 0.05) is 35.1 Å². The lowest BCUT2D eigenvalue weighted by Gasteiger charge is -2.25. The molecule has 7 rings (SSSR count). The first-order valence-electron chi connectivity index (χ1n) is 12.0. The number of carbonyl (C=O) groups excluding carboxylic acids is 1. The lowest BCUT2D eigenvalue weighted by atomic mass is 10.1. The van der Waals surface area contributed by atoms with Gasteiger partial charge < -0.3 is 10.6 Å². The fourth-order valence-electron chi connectivity index (χ4n) is 4.70. The maximum atomic E-state index is 13.7. The number of benzene rings is 1. The number of rotatable bonds is 5. The molecule has 1 amide bonds. The van der Waals surface area contributed by atoms with Crippen molar-refractivity contribution in [2.24, 2.45) is 5.73 Å². The van der Waals surface area contributed by atoms with Crippen LogP contribution in [0.15, 0.2) is 103 Å². The number of thioether (sulfide) groups is 1. The van der Waals surface area contributed by atoms with E-state index in [-0.39, 0.29) is 11.2 Å². The Kier molecular flexibility index (Phi) is 5.37. The molecule has 6 aromatic rings. The van der Waals surface area contributed by atoms with E-state index in [0.29, 0.717) is 28.5 Å². The quantitative estimate of drug-likeness (QED) is 0.338. The van der Waals surface area contributed by atoms with Crippen molar-refractivity contribution in [1.29, 1.82) is 0 Å². The molecule has 1 aliphatic rings. The summed E-state index contributed by atoms with van der Waals surface area (Å²) in [6.45, 7) is 0. The molecule has 6 heterocycles. The first kappa shape index (κ1) is 23.1. The molecule has 0 aliphatic carbocycles. The number of hydrogen-bond acceptors (Lipinski definition) is 7. The summed E-state index contributed by atoms with van der Waals surface area (Å²) in [6, 6.07) is 19.5. The van der Waals surface area contributed by atoms with Crippen LogP contribution in [0.5, 0.6) is 0 Å². The number of amides is 1. The first-order valence-corrected chi connectivity index (χ1v) is 13.0. The van der Waals surface area contributed by atoms with E-state index >= 15 is 0 Å². The summed E-state index contributed by atoms with van der Waals surface area (Å²) in [5, 5.41) is 6.36. The van der Waals surface area contributed by atoms with Gasteiger partial charge in [-0.25, -0.2) is 18.9 Å². The third kappa shape index (κ3) is 3.91. The van der Waals surface area contributed by atoms with Gasteiger partial charge in [0.15, 0.2) is 11.5 Å². The van der Waals surface area contributed by atoms with Crippen LogP contribution < -0.4 is 10.6 Å². The molecular formula is C28H19FN8OS. The van der Waals surface area contributed by atoms with Crippen molar-refractivity contribution in [3.63, 3.8) is 0 Å². The highest BCUT2D eigenvalue weighted by molar-refractivity contribution is 8.02. The fraction of sp³-hybridized carbons (Fsp3) is 0.0357. The van der Waals surface area contributed by atoms with E-state index in [1.807, 2.05) is 53.1 Å². The minimum absolute atomic E-state index is 0.255. The Labute approximate surface area is 225 Å². The van der Waals surface area contributed by atoms with Gasteiger partial charge in [-0.2, -0.15) is 5.10 Å². The number of aromatic nitrogens is 6. The summed E-state index contributed by atoms with van der Waals surface area (Å²) >= 11 is 1.46. The van der Waals surface area contributed by atoms with Gasteiger partial charge in [0.25, 0.3) is 5.91 Å². The Morgan fingerprint density at radius 2 is 1.85 bits per heavy atom. The Hall–Kier alpha value is -5.03. The average molecular weight is 535 g/mol. The normalized spacial score (nSPS) is 15.3. The third-order valence-corrected chi connectivity index (χ3v) is 7.57. The highest BCUT2D eigenvalue weighted by Crippen LogP contribution is 2.44. The molecule has 1 aromatic carbocycles. The molecular weight excluding hydrogens is 515 g/mol. The number of carbonyl (C=O) groups is 1. The van der Waals surface area contributed by atoms with Crippen LogP contribution in [0.3, 0.4) is 0 Å². The Morgan fingerprint density at radius 1 is 0.974 bits per heavy atom. The molecule has 0 radical (unpaired) electrons. The maximum Gasteiger partial charge on any atom is 0.265 e. The van der Waals surface area contributed by atoms with Crippen molar-refractivity contribution < 1.29 is 9.18 Å². The molecule has 0 saturated heterocycles. The van der Waals surface area contributed by atoms with E-state index in [4.69, 9.17) is 20.8 Å². The van der Waals surface area contributed by atoms with Crippen LogP contribution in [0.4, 0.5) is 10.2 Å². The van der Waals surface area contributed by atoms with Gasteiger partial charge in [0.2, 0.25) is 0 Å². The van der Waals surface area contributed by atoms with Crippen molar-refractivity contribution in [2.75, 3.05) is 4.90 Å². The molecule has 190 valence electrons. The van der Waals surface area contributed by atoms with E-state index in [0.717, 1.165) is 22.5 Å². The summed E-state index contributed by atoms with van der Waals surface area (Å²) in [5.74, 6) is -0.335. The molecule has 0 spiro atoms. The van der Waals surface area contributed by atoms with Crippen molar-refractivity contribution in [2.45, 2.75) is 5.37 Å². The molecule has 9 nitrogen and oxygen atoms in total. The number of halogens is 1. The number of anilines is 1. The zero-order chi connectivity index (χ0) is 26.5. The Morgan fingerprint density at radius 3 is 2.64 bits per heavy atom. The summed E-state index contributed by atoms with van der Waals surface area (Å²) < 4.78 is 17.3. The topological polar surface area (TPSA) is 107 Å². The van der Waals surface area contributed by atoms with Crippen molar-refractivity contribution in [3.05, 3.63) is 114 Å². The van der Waals surface area contributed by atoms with Crippen LogP contribution in [0.2, 0.25) is 0 Å². The predicted octanol–water partition coefficient (Wildman–Crippen LogP) is 4.82. The number of nitrogens with two attached hydrogens (primary N) is 1. The van der Waals surface area contributed by atoms with Crippen LogP contribution >= 0.6 is 11.8 Å².